The summed E-state index contributed by atoms with van der Waals surface area (Å²) < 4.78 is 5.59. The van der Waals surface area contributed by atoms with E-state index >= 15 is 0 Å². The lowest BCUT2D eigenvalue weighted by Crippen LogP contribution is -2.44. The fraction of sp³-hybridized carbons (Fsp3) is 0.333. The Morgan fingerprint density at radius 2 is 1.48 bits per heavy atom. The largest absolute Gasteiger partial charge is 0.494 e. The Hall–Kier alpha value is -2.83. The van der Waals surface area contributed by atoms with E-state index in [9.17, 15) is 9.59 Å². The molecule has 6 nitrogen and oxygen atoms in total. The molecule has 0 unspecified atom stereocenters. The van der Waals surface area contributed by atoms with Gasteiger partial charge in [0, 0.05) is 31.9 Å². The van der Waals surface area contributed by atoms with Crippen molar-refractivity contribution in [3.63, 3.8) is 0 Å². The minimum absolute atomic E-state index is 0.0598. The Bertz CT molecular complexity index is 994. The average Bonchev–Trinajstić information content (AvgIpc) is 3.01. The predicted octanol–water partition coefficient (Wildman–Crippen LogP) is 3.75. The number of hydrogen-bond donors (Lipinski definition) is 0. The van der Waals surface area contributed by atoms with Crippen molar-refractivity contribution >= 4 is 40.4 Å². The summed E-state index contributed by atoms with van der Waals surface area (Å²) in [5.41, 5.74) is 2.42. The van der Waals surface area contributed by atoms with E-state index in [4.69, 9.17) is 16.3 Å². The standard InChI is InChI=1S/C24H26ClN3O3/c1-3-16-31-20-10-4-17(5-11-20)21-22(25)24(30)28(23(21)29)19-8-6-18(7-9-19)27-14-12-26(2)13-15-27/h4-11H,3,12-16H2,1-2H3. The van der Waals surface area contributed by atoms with Crippen LogP contribution in [0.1, 0.15) is 18.9 Å². The number of anilines is 2. The summed E-state index contributed by atoms with van der Waals surface area (Å²) in [5.74, 6) is -0.194. The van der Waals surface area contributed by atoms with Crippen molar-refractivity contribution < 1.29 is 14.3 Å². The number of halogens is 1. The van der Waals surface area contributed by atoms with Gasteiger partial charge in [-0.3, -0.25) is 9.59 Å². The molecule has 2 heterocycles. The molecule has 0 radical (unpaired) electrons. The van der Waals surface area contributed by atoms with Crippen molar-refractivity contribution in [2.24, 2.45) is 0 Å². The van der Waals surface area contributed by atoms with Gasteiger partial charge in [0.2, 0.25) is 0 Å². The summed E-state index contributed by atoms with van der Waals surface area (Å²) in [6, 6.07) is 14.6. The highest BCUT2D eigenvalue weighted by Crippen LogP contribution is 2.36. The van der Waals surface area contributed by atoms with Crippen LogP contribution in [-0.4, -0.2) is 56.5 Å². The Morgan fingerprint density at radius 3 is 2.10 bits per heavy atom. The van der Waals surface area contributed by atoms with Gasteiger partial charge in [-0.2, -0.15) is 0 Å². The lowest BCUT2D eigenvalue weighted by molar-refractivity contribution is -0.119. The topological polar surface area (TPSA) is 53.1 Å². The van der Waals surface area contributed by atoms with E-state index in [-0.39, 0.29) is 10.6 Å². The molecule has 0 spiro atoms. The van der Waals surface area contributed by atoms with Gasteiger partial charge in [0.05, 0.1) is 17.9 Å². The SMILES string of the molecule is CCCOc1ccc(C2=C(Cl)C(=O)N(c3ccc(N4CCN(C)CC4)cc3)C2=O)cc1. The molecule has 0 bridgehead atoms. The summed E-state index contributed by atoms with van der Waals surface area (Å²) in [6.45, 7) is 6.58. The van der Waals surface area contributed by atoms with Crippen molar-refractivity contribution in [3.8, 4) is 5.75 Å². The molecule has 0 aliphatic carbocycles. The van der Waals surface area contributed by atoms with E-state index in [2.05, 4.69) is 16.8 Å². The molecule has 0 N–H and O–H groups in total. The summed E-state index contributed by atoms with van der Waals surface area (Å²) in [7, 11) is 2.12. The van der Waals surface area contributed by atoms with Crippen LogP contribution in [0.2, 0.25) is 0 Å². The second kappa shape index (κ2) is 9.12. The third-order valence-electron chi connectivity index (χ3n) is 5.62. The molecule has 2 aromatic carbocycles. The van der Waals surface area contributed by atoms with Gasteiger partial charge >= 0.3 is 0 Å². The monoisotopic (exact) mass is 439 g/mol. The molecule has 0 aromatic heterocycles. The number of piperazine rings is 1. The zero-order valence-corrected chi connectivity index (χ0v) is 18.6. The Kier molecular flexibility index (Phi) is 6.30. The van der Waals surface area contributed by atoms with Crippen LogP contribution in [-0.2, 0) is 9.59 Å². The highest BCUT2D eigenvalue weighted by Gasteiger charge is 2.39. The van der Waals surface area contributed by atoms with Crippen molar-refractivity contribution in [3.05, 3.63) is 59.1 Å². The quantitative estimate of drug-likeness (QED) is 0.641. The van der Waals surface area contributed by atoms with Gasteiger partial charge in [-0.25, -0.2) is 4.90 Å². The Morgan fingerprint density at radius 1 is 0.871 bits per heavy atom. The molecule has 2 aliphatic rings. The van der Waals surface area contributed by atoms with Crippen LogP contribution in [0.25, 0.3) is 5.57 Å². The van der Waals surface area contributed by atoms with Gasteiger partial charge in [0.1, 0.15) is 10.8 Å². The van der Waals surface area contributed by atoms with Crippen molar-refractivity contribution in [1.82, 2.24) is 4.90 Å². The first-order valence-corrected chi connectivity index (χ1v) is 10.9. The van der Waals surface area contributed by atoms with E-state index in [0.29, 0.717) is 17.9 Å². The molecule has 0 atom stereocenters. The van der Waals surface area contributed by atoms with Crippen LogP contribution in [0.5, 0.6) is 5.75 Å². The summed E-state index contributed by atoms with van der Waals surface area (Å²) in [6.07, 6.45) is 0.911. The van der Waals surface area contributed by atoms with Crippen LogP contribution in [0.3, 0.4) is 0 Å². The Balaban J connectivity index is 1.52. The van der Waals surface area contributed by atoms with Crippen LogP contribution < -0.4 is 14.5 Å². The molecule has 2 aliphatic heterocycles. The summed E-state index contributed by atoms with van der Waals surface area (Å²) >= 11 is 6.32. The van der Waals surface area contributed by atoms with Gasteiger partial charge < -0.3 is 14.5 Å². The van der Waals surface area contributed by atoms with E-state index in [1.54, 1.807) is 36.4 Å². The van der Waals surface area contributed by atoms with Gasteiger partial charge in [-0.15, -0.1) is 0 Å². The first-order chi connectivity index (χ1) is 15.0. The molecule has 2 amide bonds. The number of carbonyl (C=O) groups is 2. The average molecular weight is 440 g/mol. The molecular weight excluding hydrogens is 414 g/mol. The molecule has 31 heavy (non-hydrogen) atoms. The van der Waals surface area contributed by atoms with E-state index in [1.165, 1.54) is 0 Å². The number of benzene rings is 2. The number of carbonyl (C=O) groups excluding carboxylic acids is 2. The first kappa shape index (κ1) is 21.4. The number of hydrogen-bond acceptors (Lipinski definition) is 5. The molecule has 1 saturated heterocycles. The number of nitrogens with zero attached hydrogens (tertiary/aromatic N) is 3. The minimum atomic E-state index is -0.500. The highest BCUT2D eigenvalue weighted by atomic mass is 35.5. The maximum atomic E-state index is 13.1. The maximum absolute atomic E-state index is 13.1. The van der Waals surface area contributed by atoms with Crippen LogP contribution >= 0.6 is 11.6 Å². The van der Waals surface area contributed by atoms with Crippen molar-refractivity contribution in [2.45, 2.75) is 13.3 Å². The lowest BCUT2D eigenvalue weighted by atomic mass is 10.1. The number of amides is 2. The van der Waals surface area contributed by atoms with E-state index < -0.39 is 11.8 Å². The minimum Gasteiger partial charge on any atom is -0.494 e. The van der Waals surface area contributed by atoms with Gasteiger partial charge in [-0.05, 0) is 55.4 Å². The predicted molar refractivity (Wildman–Crippen MR) is 124 cm³/mol. The first-order valence-electron chi connectivity index (χ1n) is 10.5. The fourth-order valence-corrected chi connectivity index (χ4v) is 4.08. The number of rotatable bonds is 6. The molecule has 7 heteroatoms. The molecule has 2 aromatic rings. The third-order valence-corrected chi connectivity index (χ3v) is 5.97. The molecule has 0 saturated carbocycles. The Labute approximate surface area is 187 Å². The molecule has 1 fully saturated rings. The lowest BCUT2D eigenvalue weighted by Gasteiger charge is -2.34. The molecular formula is C24H26ClN3O3. The normalized spacial score (nSPS) is 17.6. The highest BCUT2D eigenvalue weighted by molar-refractivity contribution is 6.60. The molecule has 162 valence electrons. The molecule has 4 rings (SSSR count). The van der Waals surface area contributed by atoms with Crippen molar-refractivity contribution in [1.29, 1.82) is 0 Å². The smallest absolute Gasteiger partial charge is 0.277 e. The second-order valence-corrected chi connectivity index (χ2v) is 8.19. The number of likely N-dealkylation sites (N-methyl/N-ethyl adjacent to an activating group) is 1. The third kappa shape index (κ3) is 4.31. The number of imide groups is 1. The van der Waals surface area contributed by atoms with Gasteiger partial charge in [-0.1, -0.05) is 30.7 Å². The summed E-state index contributed by atoms with van der Waals surface area (Å²) in [5, 5.41) is -0.0598. The zero-order valence-electron chi connectivity index (χ0n) is 17.8. The zero-order chi connectivity index (χ0) is 22.0. The van der Waals surface area contributed by atoms with Crippen molar-refractivity contribution in [2.75, 3.05) is 49.6 Å². The second-order valence-electron chi connectivity index (χ2n) is 7.81. The van der Waals surface area contributed by atoms with Gasteiger partial charge in [0.25, 0.3) is 11.8 Å². The van der Waals surface area contributed by atoms with Gasteiger partial charge in [0.15, 0.2) is 0 Å². The van der Waals surface area contributed by atoms with E-state index in [1.807, 2.05) is 19.1 Å². The van der Waals surface area contributed by atoms with Crippen LogP contribution in [0.15, 0.2) is 53.6 Å². The van der Waals surface area contributed by atoms with E-state index in [0.717, 1.165) is 48.9 Å². The maximum Gasteiger partial charge on any atom is 0.277 e. The number of ether oxygens (including phenoxy) is 1. The van der Waals surface area contributed by atoms with Crippen LogP contribution in [0, 0.1) is 0 Å². The fourth-order valence-electron chi connectivity index (χ4n) is 3.80. The van der Waals surface area contributed by atoms with Crippen LogP contribution in [0.4, 0.5) is 11.4 Å². The summed E-state index contributed by atoms with van der Waals surface area (Å²) in [4.78, 5) is 31.7.